The molecule has 0 saturated carbocycles. The fourth-order valence-electron chi connectivity index (χ4n) is 3.81. The standard InChI is InChI=1S/C27H30FNO5S/c1-5-29(6-2)14-7-8-19-16-22(28)10-12-24(19)35(31)18-21-9-11-23(20-13-15-34-17-20)26(32-3)25(21)27(30)33-4/h7-13,15-17H,5-6,14,18H2,1-4H3/b8-7-. The fraction of sp³-hybridized carbons (Fsp3) is 0.296. The van der Waals surface area contributed by atoms with Gasteiger partial charge < -0.3 is 23.3 Å². The number of methoxy groups -OCH3 is 2. The van der Waals surface area contributed by atoms with E-state index < -0.39 is 23.0 Å². The van der Waals surface area contributed by atoms with E-state index in [0.29, 0.717) is 33.9 Å². The van der Waals surface area contributed by atoms with Crippen molar-refractivity contribution >= 4 is 23.2 Å². The molecule has 0 N–H and O–H groups in total. The average Bonchev–Trinajstić information content (AvgIpc) is 3.40. The molecule has 186 valence electrons. The summed E-state index contributed by atoms with van der Waals surface area (Å²) in [6, 6.07) is 9.46. The van der Waals surface area contributed by atoms with E-state index in [2.05, 4.69) is 18.7 Å². The Morgan fingerprint density at radius 1 is 1.17 bits per heavy atom. The van der Waals surface area contributed by atoms with E-state index in [0.717, 1.165) is 18.7 Å². The zero-order valence-electron chi connectivity index (χ0n) is 20.4. The second-order valence-corrected chi connectivity index (χ2v) is 9.16. The molecule has 1 aromatic heterocycles. The summed E-state index contributed by atoms with van der Waals surface area (Å²) in [5, 5.41) is 0. The van der Waals surface area contributed by atoms with Crippen LogP contribution in [0.4, 0.5) is 4.39 Å². The van der Waals surface area contributed by atoms with E-state index in [1.165, 1.54) is 38.7 Å². The molecule has 8 heteroatoms. The molecule has 0 radical (unpaired) electrons. The molecule has 6 nitrogen and oxygen atoms in total. The minimum absolute atomic E-state index is 0.0228. The summed E-state index contributed by atoms with van der Waals surface area (Å²) in [5.74, 6) is -0.673. The van der Waals surface area contributed by atoms with Gasteiger partial charge in [-0.3, -0.25) is 0 Å². The Morgan fingerprint density at radius 2 is 1.94 bits per heavy atom. The number of likely N-dealkylation sites (N-methyl/N-ethyl adjacent to an activating group) is 1. The molecular weight excluding hydrogens is 469 g/mol. The number of carbonyl (C=O) groups is 1. The number of hydrogen-bond donors (Lipinski definition) is 0. The smallest absolute Gasteiger partial charge is 0.342 e. The topological polar surface area (TPSA) is 75.0 Å². The van der Waals surface area contributed by atoms with E-state index >= 15 is 0 Å². The van der Waals surface area contributed by atoms with Crippen molar-refractivity contribution in [1.82, 2.24) is 4.90 Å². The van der Waals surface area contributed by atoms with Crippen molar-refractivity contribution < 1.29 is 27.6 Å². The lowest BCUT2D eigenvalue weighted by Crippen LogP contribution is -2.22. The molecule has 3 rings (SSSR count). The van der Waals surface area contributed by atoms with Crippen LogP contribution in [0.5, 0.6) is 5.75 Å². The molecular formula is C27H30FNO5S. The Morgan fingerprint density at radius 3 is 2.57 bits per heavy atom. The van der Waals surface area contributed by atoms with Crippen LogP contribution in [-0.2, 0) is 21.7 Å². The molecule has 0 aliphatic carbocycles. The first-order valence-electron chi connectivity index (χ1n) is 11.3. The van der Waals surface area contributed by atoms with Crippen LogP contribution >= 0.6 is 0 Å². The van der Waals surface area contributed by atoms with Gasteiger partial charge in [0.15, 0.2) is 4.90 Å². The lowest BCUT2D eigenvalue weighted by molar-refractivity contribution is 0.0596. The molecule has 1 heterocycles. The van der Waals surface area contributed by atoms with Gasteiger partial charge in [-0.25, -0.2) is 9.18 Å². The summed E-state index contributed by atoms with van der Waals surface area (Å²) < 4.78 is 43.2. The van der Waals surface area contributed by atoms with Crippen LogP contribution in [0.25, 0.3) is 17.2 Å². The van der Waals surface area contributed by atoms with Crippen molar-refractivity contribution in [3.05, 3.63) is 77.5 Å². The second-order valence-electron chi connectivity index (χ2n) is 7.74. The third-order valence-corrected chi connectivity index (χ3v) is 7.16. The quantitative estimate of drug-likeness (QED) is 0.255. The second kappa shape index (κ2) is 12.6. The Bertz CT molecular complexity index is 1160. The first-order valence-corrected chi connectivity index (χ1v) is 12.6. The Hall–Kier alpha value is -3.07. The van der Waals surface area contributed by atoms with Crippen LogP contribution in [0.2, 0.25) is 0 Å². The molecule has 0 spiro atoms. The monoisotopic (exact) mass is 499 g/mol. The highest BCUT2D eigenvalue weighted by atomic mass is 32.2. The summed E-state index contributed by atoms with van der Waals surface area (Å²) in [5.41, 5.74) is 2.62. The minimum Gasteiger partial charge on any atom is -0.611 e. The predicted octanol–water partition coefficient (Wildman–Crippen LogP) is 5.54. The van der Waals surface area contributed by atoms with Gasteiger partial charge in [0.05, 0.1) is 26.7 Å². The van der Waals surface area contributed by atoms with E-state index in [4.69, 9.17) is 13.9 Å². The number of furan rings is 1. The highest BCUT2D eigenvalue weighted by Gasteiger charge is 2.26. The maximum atomic E-state index is 14.0. The molecule has 0 bridgehead atoms. The van der Waals surface area contributed by atoms with Crippen LogP contribution in [0.3, 0.4) is 0 Å². The van der Waals surface area contributed by atoms with Crippen LogP contribution < -0.4 is 4.74 Å². The fourth-order valence-corrected chi connectivity index (χ4v) is 5.10. The molecule has 0 saturated heterocycles. The van der Waals surface area contributed by atoms with Gasteiger partial charge in [-0.1, -0.05) is 38.1 Å². The number of ether oxygens (including phenoxy) is 2. The zero-order valence-corrected chi connectivity index (χ0v) is 21.2. The zero-order chi connectivity index (χ0) is 25.4. The van der Waals surface area contributed by atoms with E-state index in [1.54, 1.807) is 30.5 Å². The number of benzene rings is 2. The van der Waals surface area contributed by atoms with E-state index in [9.17, 15) is 13.7 Å². The first-order chi connectivity index (χ1) is 16.9. The molecule has 0 amide bonds. The van der Waals surface area contributed by atoms with Crippen molar-refractivity contribution in [3.63, 3.8) is 0 Å². The predicted molar refractivity (Wildman–Crippen MR) is 135 cm³/mol. The van der Waals surface area contributed by atoms with Crippen molar-refractivity contribution in [2.75, 3.05) is 33.9 Å². The van der Waals surface area contributed by atoms with E-state index in [1.807, 2.05) is 6.08 Å². The first kappa shape index (κ1) is 26.5. The number of halogens is 1. The Labute approximate surface area is 208 Å². The summed E-state index contributed by atoms with van der Waals surface area (Å²) in [4.78, 5) is 15.4. The molecule has 2 aromatic carbocycles. The number of hydrogen-bond acceptors (Lipinski definition) is 6. The molecule has 0 aliphatic rings. The van der Waals surface area contributed by atoms with Crippen LogP contribution in [0.1, 0.15) is 35.3 Å². The average molecular weight is 500 g/mol. The van der Waals surface area contributed by atoms with Gasteiger partial charge in [0, 0.05) is 28.8 Å². The van der Waals surface area contributed by atoms with Gasteiger partial charge >= 0.3 is 5.97 Å². The maximum absolute atomic E-state index is 14.0. The normalized spacial score (nSPS) is 12.3. The van der Waals surface area contributed by atoms with Crippen molar-refractivity contribution in [1.29, 1.82) is 0 Å². The number of rotatable bonds is 11. The molecule has 1 unspecified atom stereocenters. The SMILES string of the molecule is CCN(CC)C/C=C\c1cc(F)ccc1[S+]([O-])Cc1ccc(-c2ccoc2)c(OC)c1C(=O)OC. The summed E-state index contributed by atoms with van der Waals surface area (Å²) in [6.45, 7) is 6.65. The molecule has 0 aliphatic heterocycles. The molecule has 3 aromatic rings. The lowest BCUT2D eigenvalue weighted by atomic mass is 9.99. The van der Waals surface area contributed by atoms with Crippen molar-refractivity contribution in [3.8, 4) is 16.9 Å². The third-order valence-electron chi connectivity index (χ3n) is 5.73. The van der Waals surface area contributed by atoms with Crippen molar-refractivity contribution in [2.45, 2.75) is 24.5 Å². The number of nitrogens with zero attached hydrogens (tertiary/aromatic N) is 1. The van der Waals surface area contributed by atoms with Crippen LogP contribution in [0, 0.1) is 5.82 Å². The van der Waals surface area contributed by atoms with Gasteiger partial charge in [0.2, 0.25) is 0 Å². The lowest BCUT2D eigenvalue weighted by Gasteiger charge is -2.18. The maximum Gasteiger partial charge on any atom is 0.342 e. The van der Waals surface area contributed by atoms with Gasteiger partial charge in [-0.05, 0) is 48.5 Å². The number of esters is 1. The van der Waals surface area contributed by atoms with Gasteiger partial charge in [-0.2, -0.15) is 0 Å². The van der Waals surface area contributed by atoms with Crippen LogP contribution in [-0.4, -0.2) is 49.3 Å². The highest BCUT2D eigenvalue weighted by Crippen LogP contribution is 2.37. The van der Waals surface area contributed by atoms with E-state index in [-0.39, 0.29) is 11.3 Å². The largest absolute Gasteiger partial charge is 0.611 e. The van der Waals surface area contributed by atoms with Gasteiger partial charge in [0.1, 0.15) is 22.9 Å². The Kier molecular flexibility index (Phi) is 9.54. The summed E-state index contributed by atoms with van der Waals surface area (Å²) in [6.07, 6.45) is 6.80. The van der Waals surface area contributed by atoms with Crippen LogP contribution in [0.15, 0.2) is 64.3 Å². The third kappa shape index (κ3) is 6.33. The van der Waals surface area contributed by atoms with Gasteiger partial charge in [-0.15, -0.1) is 0 Å². The summed E-state index contributed by atoms with van der Waals surface area (Å²) in [7, 11) is 2.75. The van der Waals surface area contributed by atoms with Gasteiger partial charge in [0.25, 0.3) is 0 Å². The Balaban J connectivity index is 1.97. The molecule has 0 fully saturated rings. The highest BCUT2D eigenvalue weighted by molar-refractivity contribution is 7.90. The van der Waals surface area contributed by atoms with Crippen molar-refractivity contribution in [2.24, 2.45) is 0 Å². The summed E-state index contributed by atoms with van der Waals surface area (Å²) >= 11 is -1.57. The molecule has 1 atom stereocenters. The number of carbonyl (C=O) groups excluding carboxylic acids is 1. The molecule has 35 heavy (non-hydrogen) atoms. The minimum atomic E-state index is -1.57.